The summed E-state index contributed by atoms with van der Waals surface area (Å²) in [6.45, 7) is 6.49. The standard InChI is InChI=1S/C101H70B2N4/c1-3-4-46-93-68(2)82-38-13-19-47-94(82)106(93)80-36-27-37-81(67-80)107-97-50-22-16-42-89(97)102(88-45-26-33-72-32-11-12-39-83(72)88)92-62-57-75(66-100(92)107)74-34-25-35-76(63-74)87-65-77(69-28-7-5-8-29-69)64-86(73-30-9-6-10-31-73)101(87)103-90-43-17-23-51-98(90)105(99-52-24-18-44-91(99)103)79-60-55-71(56-61-79)70-53-58-78(59-54-70)104-95-48-20-14-40-84(95)85-41-15-21-49-96(85)104/h3-67H,2H2,1H3. The number of para-hydroxylation sites is 6. The van der Waals surface area contributed by atoms with Gasteiger partial charge in [0.15, 0.2) is 0 Å². The quantitative estimate of drug-likeness (QED) is 0.113. The number of allylic oxidation sites excluding steroid dienone is 2. The molecule has 4 heterocycles. The summed E-state index contributed by atoms with van der Waals surface area (Å²) in [5.74, 6) is 0. The molecular formula is C101H70B2N4. The third-order valence-electron chi connectivity index (χ3n) is 22.3. The summed E-state index contributed by atoms with van der Waals surface area (Å²) in [6, 6.07) is 140. The van der Waals surface area contributed by atoms with Gasteiger partial charge in [-0.1, -0.05) is 303 Å². The molecule has 0 unspecified atom stereocenters. The second-order valence-electron chi connectivity index (χ2n) is 28.2. The van der Waals surface area contributed by atoms with Crippen molar-refractivity contribution in [3.8, 4) is 67.0 Å². The molecule has 0 saturated heterocycles. The zero-order chi connectivity index (χ0) is 71.1. The number of anilines is 6. The van der Waals surface area contributed by atoms with Gasteiger partial charge in [-0.2, -0.15) is 0 Å². The van der Waals surface area contributed by atoms with Crippen molar-refractivity contribution >= 4 is 136 Å². The molecule has 0 N–H and O–H groups in total. The van der Waals surface area contributed by atoms with Crippen molar-refractivity contribution in [2.75, 3.05) is 9.80 Å². The molecule has 2 aliphatic rings. The van der Waals surface area contributed by atoms with Crippen molar-refractivity contribution in [3.63, 3.8) is 0 Å². The SMILES string of the molecule is C=c1c(=CC=CC)n(-c2cccc(N3c4ccccc4B(c4cccc5ccccc45)c4ccc(-c5cccc(-c6cc(-c7ccccc7)cc(-c7ccccc7)c6B6c7ccccc7N(c7ccc(-c8ccc(-n9c%10ccccc%10c%10ccccc%109)cc8)cc7)c7ccccc76)c5)cc43)c2)c2ccccc12. The fraction of sp³-hybridized carbons (Fsp3) is 0.00990. The molecule has 107 heavy (non-hydrogen) atoms. The number of nitrogens with zero attached hydrogens (tertiary/aromatic N) is 4. The molecule has 0 fully saturated rings. The van der Waals surface area contributed by atoms with E-state index in [1.807, 2.05) is 0 Å². The van der Waals surface area contributed by atoms with Crippen LogP contribution in [0.5, 0.6) is 0 Å². The van der Waals surface area contributed by atoms with Crippen molar-refractivity contribution in [2.24, 2.45) is 0 Å². The van der Waals surface area contributed by atoms with E-state index in [1.165, 1.54) is 82.0 Å². The van der Waals surface area contributed by atoms with Gasteiger partial charge in [0.25, 0.3) is 0 Å². The fourth-order valence-electron chi connectivity index (χ4n) is 17.5. The Kier molecular flexibility index (Phi) is 15.5. The lowest BCUT2D eigenvalue weighted by atomic mass is 9.33. The van der Waals surface area contributed by atoms with Gasteiger partial charge >= 0.3 is 0 Å². The minimum Gasteiger partial charge on any atom is -0.312 e. The third-order valence-corrected chi connectivity index (χ3v) is 22.3. The van der Waals surface area contributed by atoms with Crippen molar-refractivity contribution in [1.82, 2.24) is 9.13 Å². The highest BCUT2D eigenvalue weighted by Crippen LogP contribution is 2.44. The van der Waals surface area contributed by atoms with E-state index in [0.29, 0.717) is 0 Å². The highest BCUT2D eigenvalue weighted by molar-refractivity contribution is 7.00. The minimum atomic E-state index is -0.175. The Morgan fingerprint density at radius 3 is 1.36 bits per heavy atom. The lowest BCUT2D eigenvalue weighted by Gasteiger charge is -2.38. The minimum absolute atomic E-state index is 0.0600. The molecule has 0 saturated carbocycles. The molecule has 0 radical (unpaired) electrons. The largest absolute Gasteiger partial charge is 0.312 e. The van der Waals surface area contributed by atoms with Crippen molar-refractivity contribution in [3.05, 3.63) is 399 Å². The average Bonchev–Trinajstić information content (AvgIpc) is 1.59. The van der Waals surface area contributed by atoms with E-state index in [4.69, 9.17) is 0 Å². The third kappa shape index (κ3) is 10.6. The summed E-state index contributed by atoms with van der Waals surface area (Å²) in [4.78, 5) is 5.00. The maximum absolute atomic E-state index is 4.66. The molecule has 0 spiro atoms. The number of benzene rings is 16. The molecule has 0 aliphatic carbocycles. The van der Waals surface area contributed by atoms with Crippen LogP contribution in [-0.4, -0.2) is 22.6 Å². The Balaban J connectivity index is 0.740. The topological polar surface area (TPSA) is 16.3 Å². The second-order valence-corrected chi connectivity index (χ2v) is 28.2. The maximum atomic E-state index is 4.66. The first-order valence-corrected chi connectivity index (χ1v) is 37.1. The number of fused-ring (bicyclic) bond motifs is 9. The summed E-state index contributed by atoms with van der Waals surface area (Å²) in [7, 11) is 0. The Morgan fingerprint density at radius 1 is 0.271 bits per heavy atom. The van der Waals surface area contributed by atoms with Gasteiger partial charge < -0.3 is 18.9 Å². The molecule has 2 aromatic heterocycles. The van der Waals surface area contributed by atoms with Crippen LogP contribution in [-0.2, 0) is 0 Å². The summed E-state index contributed by atoms with van der Waals surface area (Å²) >= 11 is 0. The molecule has 500 valence electrons. The van der Waals surface area contributed by atoms with E-state index in [0.717, 1.165) is 106 Å². The molecule has 16 aromatic carbocycles. The summed E-state index contributed by atoms with van der Waals surface area (Å²) in [6.07, 6.45) is 6.39. The highest BCUT2D eigenvalue weighted by Gasteiger charge is 2.40. The van der Waals surface area contributed by atoms with Gasteiger partial charge in [-0.15, -0.1) is 0 Å². The first kappa shape index (κ1) is 63.1. The zero-order valence-electron chi connectivity index (χ0n) is 59.2. The number of rotatable bonds is 12. The van der Waals surface area contributed by atoms with Crippen molar-refractivity contribution in [2.45, 2.75) is 6.92 Å². The molecule has 0 bridgehead atoms. The molecule has 20 rings (SSSR count). The highest BCUT2D eigenvalue weighted by atomic mass is 15.2. The monoisotopic (exact) mass is 1360 g/mol. The van der Waals surface area contributed by atoms with Gasteiger partial charge in [-0.25, -0.2) is 0 Å². The second kappa shape index (κ2) is 26.2. The first-order chi connectivity index (χ1) is 53.0. The smallest absolute Gasteiger partial charge is 0.248 e. The Hall–Kier alpha value is -13.7. The molecule has 18 aromatic rings. The number of hydrogen-bond donors (Lipinski definition) is 0. The van der Waals surface area contributed by atoms with Crippen LogP contribution in [0.3, 0.4) is 0 Å². The maximum Gasteiger partial charge on any atom is 0.248 e. The van der Waals surface area contributed by atoms with Crippen LogP contribution in [0.15, 0.2) is 388 Å². The van der Waals surface area contributed by atoms with E-state index >= 15 is 0 Å². The van der Waals surface area contributed by atoms with E-state index in [2.05, 4.69) is 427 Å². The van der Waals surface area contributed by atoms with Crippen LogP contribution in [0.1, 0.15) is 6.92 Å². The molecule has 4 nitrogen and oxygen atoms in total. The molecule has 6 heteroatoms. The fourth-order valence-corrected chi connectivity index (χ4v) is 17.5. The van der Waals surface area contributed by atoms with Crippen LogP contribution in [0, 0.1) is 0 Å². The predicted octanol–water partition coefficient (Wildman–Crippen LogP) is 20.6. The van der Waals surface area contributed by atoms with Gasteiger partial charge in [0.2, 0.25) is 13.4 Å². The van der Waals surface area contributed by atoms with Crippen LogP contribution in [0.25, 0.3) is 123 Å². The van der Waals surface area contributed by atoms with Crippen LogP contribution in [0.2, 0.25) is 0 Å². The molecule has 0 atom stereocenters. The average molecular weight is 1360 g/mol. The van der Waals surface area contributed by atoms with E-state index in [-0.39, 0.29) is 13.4 Å². The van der Waals surface area contributed by atoms with Crippen molar-refractivity contribution < 1.29 is 0 Å². The van der Waals surface area contributed by atoms with Crippen LogP contribution in [0.4, 0.5) is 34.1 Å². The van der Waals surface area contributed by atoms with E-state index in [9.17, 15) is 0 Å². The normalized spacial score (nSPS) is 12.7. The van der Waals surface area contributed by atoms with E-state index in [1.54, 1.807) is 0 Å². The van der Waals surface area contributed by atoms with Crippen LogP contribution < -0.4 is 53.1 Å². The summed E-state index contributed by atoms with van der Waals surface area (Å²) < 4.78 is 4.76. The summed E-state index contributed by atoms with van der Waals surface area (Å²) in [5, 5.41) is 8.20. The van der Waals surface area contributed by atoms with Crippen LogP contribution >= 0.6 is 0 Å². The Bertz CT molecular complexity index is 6580. The first-order valence-electron chi connectivity index (χ1n) is 37.1. The van der Waals surface area contributed by atoms with E-state index < -0.39 is 0 Å². The molecule has 2 aliphatic heterocycles. The zero-order valence-corrected chi connectivity index (χ0v) is 59.2. The Morgan fingerprint density at radius 2 is 0.710 bits per heavy atom. The lowest BCUT2D eigenvalue weighted by Crippen LogP contribution is -2.58. The van der Waals surface area contributed by atoms with Gasteiger partial charge in [-0.05, 0) is 204 Å². The van der Waals surface area contributed by atoms with Gasteiger partial charge in [0.05, 0.1) is 21.9 Å². The Labute approximate surface area is 624 Å². The molecular weight excluding hydrogens is 1290 g/mol. The van der Waals surface area contributed by atoms with Gasteiger partial charge in [0, 0.05) is 66.9 Å². The predicted molar refractivity (Wildman–Crippen MR) is 458 cm³/mol. The van der Waals surface area contributed by atoms with Gasteiger partial charge in [0.1, 0.15) is 0 Å². The number of hydrogen-bond acceptors (Lipinski definition) is 2. The molecule has 0 amide bonds. The van der Waals surface area contributed by atoms with Gasteiger partial charge in [-0.3, -0.25) is 0 Å². The lowest BCUT2D eigenvalue weighted by molar-refractivity contribution is 1.07. The number of aromatic nitrogens is 2. The van der Waals surface area contributed by atoms with Crippen molar-refractivity contribution in [1.29, 1.82) is 0 Å². The summed E-state index contributed by atoms with van der Waals surface area (Å²) in [5.41, 5.74) is 31.6.